The first-order valence-electron chi connectivity index (χ1n) is 16.0. The maximum absolute atomic E-state index is 14.6. The SMILES string of the molecule is CC(C)[C@@]1(NC(=O)[C@@H]2C[C@@H]3c4cccc(N)c4C(=O)C[C@H]3N(C)C2)O[C@@]2(O)[C@@H]3CCCN3C(=O)[C@H](Cc3ccccc3)N2C1=O. The molecule has 11 heteroatoms. The van der Waals surface area contributed by atoms with Gasteiger partial charge in [0, 0.05) is 55.1 Å². The lowest BCUT2D eigenvalue weighted by Crippen LogP contribution is -2.71. The van der Waals surface area contributed by atoms with Crippen LogP contribution in [-0.4, -0.2) is 93.2 Å². The van der Waals surface area contributed by atoms with E-state index in [1.165, 1.54) is 4.90 Å². The second-order valence-corrected chi connectivity index (χ2v) is 13.7. The van der Waals surface area contributed by atoms with Gasteiger partial charge in [0.05, 0.1) is 5.92 Å². The van der Waals surface area contributed by atoms with Gasteiger partial charge in [0.1, 0.15) is 12.1 Å². The van der Waals surface area contributed by atoms with Crippen LogP contribution < -0.4 is 11.1 Å². The van der Waals surface area contributed by atoms with Crippen LogP contribution >= 0.6 is 0 Å². The zero-order valence-corrected chi connectivity index (χ0v) is 25.9. The van der Waals surface area contributed by atoms with Gasteiger partial charge in [-0.2, -0.15) is 0 Å². The molecule has 0 unspecified atom stereocenters. The summed E-state index contributed by atoms with van der Waals surface area (Å²) in [4.78, 5) is 60.5. The number of hydrogen-bond acceptors (Lipinski definition) is 8. The van der Waals surface area contributed by atoms with Crippen LogP contribution in [0.5, 0.6) is 0 Å². The Hall–Kier alpha value is -3.80. The van der Waals surface area contributed by atoms with Crippen LogP contribution in [0.2, 0.25) is 0 Å². The first kappa shape index (κ1) is 29.9. The van der Waals surface area contributed by atoms with Gasteiger partial charge in [-0.1, -0.05) is 56.3 Å². The number of likely N-dealkylation sites (tertiary alicyclic amines) is 1. The molecule has 1 aliphatic carbocycles. The maximum Gasteiger partial charge on any atom is 0.281 e. The Morgan fingerprint density at radius 3 is 2.62 bits per heavy atom. The highest BCUT2D eigenvalue weighted by Gasteiger charge is 2.72. The third-order valence-electron chi connectivity index (χ3n) is 10.8. The van der Waals surface area contributed by atoms with Crippen molar-refractivity contribution in [2.75, 3.05) is 25.9 Å². The highest BCUT2D eigenvalue weighted by atomic mass is 16.7. The number of ether oxygens (including phenoxy) is 1. The van der Waals surface area contributed by atoms with E-state index >= 15 is 0 Å². The van der Waals surface area contributed by atoms with E-state index in [-0.39, 0.29) is 36.0 Å². The molecule has 4 saturated heterocycles. The van der Waals surface area contributed by atoms with Gasteiger partial charge in [0.25, 0.3) is 11.8 Å². The summed E-state index contributed by atoms with van der Waals surface area (Å²) in [5.74, 6) is -4.48. The third kappa shape index (κ3) is 4.42. The summed E-state index contributed by atoms with van der Waals surface area (Å²) in [5.41, 5.74) is 7.01. The number of hydrogen-bond donors (Lipinski definition) is 3. The molecule has 4 heterocycles. The topological polar surface area (TPSA) is 146 Å². The third-order valence-corrected chi connectivity index (χ3v) is 10.8. The van der Waals surface area contributed by atoms with Crippen LogP contribution in [0.25, 0.3) is 0 Å². The predicted molar refractivity (Wildman–Crippen MR) is 164 cm³/mol. The molecule has 0 aromatic heterocycles. The molecule has 4 N–H and O–H groups in total. The first-order valence-corrected chi connectivity index (χ1v) is 16.0. The molecule has 0 radical (unpaired) electrons. The van der Waals surface area contributed by atoms with Gasteiger partial charge in [-0.15, -0.1) is 0 Å². The summed E-state index contributed by atoms with van der Waals surface area (Å²) in [6, 6.07) is 13.1. The molecule has 0 spiro atoms. The van der Waals surface area contributed by atoms with Crippen molar-refractivity contribution < 1.29 is 29.0 Å². The monoisotopic (exact) mass is 615 g/mol. The second kappa shape index (κ2) is 10.6. The van der Waals surface area contributed by atoms with E-state index in [4.69, 9.17) is 10.5 Å². The number of carbonyl (C=O) groups is 4. The number of ketones is 1. The quantitative estimate of drug-likeness (QED) is 0.432. The molecule has 3 amide bonds. The minimum Gasteiger partial charge on any atom is -0.398 e. The van der Waals surface area contributed by atoms with Crippen molar-refractivity contribution in [2.45, 2.75) is 81.6 Å². The number of nitrogens with one attached hydrogen (secondary N) is 1. The highest BCUT2D eigenvalue weighted by molar-refractivity contribution is 6.04. The molecule has 11 nitrogen and oxygen atoms in total. The van der Waals surface area contributed by atoms with Crippen molar-refractivity contribution in [3.05, 3.63) is 65.2 Å². The fourth-order valence-electron chi connectivity index (χ4n) is 8.52. The number of nitrogens with two attached hydrogens (primary N) is 1. The standard InChI is InChI=1S/C34H41N5O6/c1-19(2)33(36-30(41)21-16-23-22-11-7-12-24(35)29(22)27(40)17-25(23)37(3)18-21)32(43)39-26(15-20-9-5-4-6-10-20)31(42)38-14-8-13-28(38)34(39,44)45-33/h4-7,9-12,19,21,23,25-26,28,44H,8,13-18,35H2,1-3H3,(H,36,41)/t21-,23-,25-,26+,28+,33-,34+/m1/s1. The number of Topliss-reactive ketones (excluding diaryl/α,β-unsaturated/α-hetero) is 1. The van der Waals surface area contributed by atoms with E-state index in [9.17, 15) is 24.3 Å². The molecular formula is C34H41N5O6. The van der Waals surface area contributed by atoms with E-state index in [1.807, 2.05) is 54.4 Å². The Morgan fingerprint density at radius 2 is 1.89 bits per heavy atom. The summed E-state index contributed by atoms with van der Waals surface area (Å²) in [6.07, 6.45) is 2.15. The number of likely N-dealkylation sites (N-methyl/N-ethyl adjacent to an activating group) is 1. The normalized spacial score (nSPS) is 34.4. The summed E-state index contributed by atoms with van der Waals surface area (Å²) < 4.78 is 6.46. The largest absolute Gasteiger partial charge is 0.398 e. The average Bonchev–Trinajstić information content (AvgIpc) is 3.59. The number of nitrogens with zero attached hydrogens (tertiary/aromatic N) is 3. The summed E-state index contributed by atoms with van der Waals surface area (Å²) in [6.45, 7) is 4.40. The molecule has 238 valence electrons. The number of fused-ring (bicyclic) bond motifs is 6. The number of anilines is 1. The van der Waals surface area contributed by atoms with Crippen molar-refractivity contribution in [3.8, 4) is 0 Å². The van der Waals surface area contributed by atoms with Crippen molar-refractivity contribution in [1.82, 2.24) is 20.0 Å². The van der Waals surface area contributed by atoms with Crippen molar-refractivity contribution in [3.63, 3.8) is 0 Å². The number of rotatable bonds is 5. The Bertz CT molecular complexity index is 1570. The van der Waals surface area contributed by atoms with Crippen LogP contribution in [0.15, 0.2) is 48.5 Å². The van der Waals surface area contributed by atoms with Crippen molar-refractivity contribution in [1.29, 1.82) is 0 Å². The Labute approximate surface area is 262 Å². The number of piperidine rings is 1. The lowest BCUT2D eigenvalue weighted by atomic mass is 9.71. The van der Waals surface area contributed by atoms with Crippen LogP contribution in [-0.2, 0) is 25.5 Å². The molecule has 0 saturated carbocycles. The van der Waals surface area contributed by atoms with Gasteiger partial charge in [-0.05, 0) is 43.5 Å². The molecule has 0 bridgehead atoms. The highest BCUT2D eigenvalue weighted by Crippen LogP contribution is 2.48. The van der Waals surface area contributed by atoms with E-state index in [0.717, 1.165) is 11.1 Å². The summed E-state index contributed by atoms with van der Waals surface area (Å²) in [5, 5.41) is 15.2. The van der Waals surface area contributed by atoms with E-state index in [1.54, 1.807) is 24.8 Å². The number of benzene rings is 2. The first-order chi connectivity index (χ1) is 21.5. The van der Waals surface area contributed by atoms with Gasteiger partial charge in [0.2, 0.25) is 17.5 Å². The lowest BCUT2D eigenvalue weighted by molar-refractivity contribution is -0.321. The maximum atomic E-state index is 14.6. The van der Waals surface area contributed by atoms with Gasteiger partial charge in [-0.25, -0.2) is 0 Å². The van der Waals surface area contributed by atoms with Crippen molar-refractivity contribution >= 4 is 29.2 Å². The van der Waals surface area contributed by atoms with Crippen LogP contribution in [0.1, 0.15) is 66.9 Å². The average molecular weight is 616 g/mol. The number of aliphatic hydroxyl groups is 1. The number of piperazine rings is 1. The molecule has 7 atom stereocenters. The smallest absolute Gasteiger partial charge is 0.281 e. The Morgan fingerprint density at radius 1 is 1.13 bits per heavy atom. The second-order valence-electron chi connectivity index (χ2n) is 13.7. The zero-order valence-electron chi connectivity index (χ0n) is 25.9. The van der Waals surface area contributed by atoms with Gasteiger partial charge in [0.15, 0.2) is 5.78 Å². The number of nitrogen functional groups attached to an aromatic ring is 1. The molecule has 4 aliphatic heterocycles. The van der Waals surface area contributed by atoms with Gasteiger partial charge < -0.3 is 26.0 Å². The number of amides is 3. The lowest BCUT2D eigenvalue weighted by Gasteiger charge is -2.48. The molecule has 45 heavy (non-hydrogen) atoms. The fraction of sp³-hybridized carbons (Fsp3) is 0.529. The molecular weight excluding hydrogens is 574 g/mol. The van der Waals surface area contributed by atoms with Crippen LogP contribution in [0.4, 0.5) is 5.69 Å². The zero-order chi connectivity index (χ0) is 31.8. The van der Waals surface area contributed by atoms with E-state index < -0.39 is 41.5 Å². The predicted octanol–water partition coefficient (Wildman–Crippen LogP) is 1.85. The molecule has 2 aromatic rings. The molecule has 4 fully saturated rings. The van der Waals surface area contributed by atoms with Crippen LogP contribution in [0.3, 0.4) is 0 Å². The van der Waals surface area contributed by atoms with Crippen LogP contribution in [0, 0.1) is 11.8 Å². The molecule has 5 aliphatic rings. The van der Waals surface area contributed by atoms with Gasteiger partial charge in [-0.3, -0.25) is 28.8 Å². The molecule has 2 aromatic carbocycles. The Kier molecular flexibility index (Phi) is 7.07. The van der Waals surface area contributed by atoms with E-state index in [0.29, 0.717) is 50.0 Å². The van der Waals surface area contributed by atoms with Crippen molar-refractivity contribution in [2.24, 2.45) is 11.8 Å². The van der Waals surface area contributed by atoms with E-state index in [2.05, 4.69) is 5.32 Å². The molecule has 7 rings (SSSR count). The minimum atomic E-state index is -2.09. The minimum absolute atomic E-state index is 0.00766. The fourth-order valence-corrected chi connectivity index (χ4v) is 8.52. The summed E-state index contributed by atoms with van der Waals surface area (Å²) >= 11 is 0. The van der Waals surface area contributed by atoms with Gasteiger partial charge >= 0.3 is 0 Å². The Balaban J connectivity index is 1.21. The number of carbonyl (C=O) groups excluding carboxylic acids is 4. The summed E-state index contributed by atoms with van der Waals surface area (Å²) in [7, 11) is 1.91.